The summed E-state index contributed by atoms with van der Waals surface area (Å²) in [5.41, 5.74) is -2.74. The standard InChI is InChI=1S/C26H30F6N2O7/c27-25(28,29)13-1-2-18-16(7-13)17(35)10-19(40-18)22(38)34-24-5-3-23(4-6-24,11-20(24)36)33-21(37)12-39-14-8-15(9-14)41-26(30,31)32/h1-2,7,14-15,17,19-20,35-36H,3-6,8-12H2,(H,33,37)(H,34,38)/t14?,15?,17-,19-,20+,23?,24?/m1/s1. The van der Waals surface area contributed by atoms with Crippen molar-refractivity contribution >= 4 is 11.8 Å². The second-order valence-electron chi connectivity index (χ2n) is 11.4. The van der Waals surface area contributed by atoms with Crippen LogP contribution in [0.4, 0.5) is 26.3 Å². The maximum absolute atomic E-state index is 13.1. The molecular formula is C26H30F6N2O7. The van der Waals surface area contributed by atoms with E-state index in [1.807, 2.05) is 0 Å². The Morgan fingerprint density at radius 2 is 1.66 bits per heavy atom. The fourth-order valence-electron chi connectivity index (χ4n) is 6.24. The Hall–Kier alpha value is -2.62. The molecule has 4 saturated carbocycles. The molecule has 9 nitrogen and oxygen atoms in total. The van der Waals surface area contributed by atoms with Crippen LogP contribution in [-0.2, 0) is 25.2 Å². The van der Waals surface area contributed by atoms with Gasteiger partial charge in [-0.25, -0.2) is 0 Å². The summed E-state index contributed by atoms with van der Waals surface area (Å²) in [5.74, 6) is -1.11. The molecule has 0 unspecified atom stereocenters. The Labute approximate surface area is 230 Å². The lowest BCUT2D eigenvalue weighted by Gasteiger charge is -2.56. The zero-order valence-electron chi connectivity index (χ0n) is 21.7. The third kappa shape index (κ3) is 6.42. The van der Waals surface area contributed by atoms with Crippen LogP contribution in [0.1, 0.15) is 68.6 Å². The van der Waals surface area contributed by atoms with E-state index in [0.29, 0.717) is 25.7 Å². The minimum atomic E-state index is -4.72. The van der Waals surface area contributed by atoms with E-state index >= 15 is 0 Å². The van der Waals surface area contributed by atoms with E-state index in [0.717, 1.165) is 18.2 Å². The van der Waals surface area contributed by atoms with Crippen molar-refractivity contribution in [3.63, 3.8) is 0 Å². The molecule has 1 aromatic rings. The van der Waals surface area contributed by atoms with Gasteiger partial charge >= 0.3 is 12.5 Å². The van der Waals surface area contributed by atoms with Crippen LogP contribution in [0.2, 0.25) is 0 Å². The molecule has 4 N–H and O–H groups in total. The van der Waals surface area contributed by atoms with E-state index in [4.69, 9.17) is 9.47 Å². The van der Waals surface area contributed by atoms with Crippen LogP contribution in [0.25, 0.3) is 0 Å². The third-order valence-electron chi connectivity index (χ3n) is 8.60. The number of carbonyl (C=O) groups excluding carboxylic acids is 2. The van der Waals surface area contributed by atoms with Crippen molar-refractivity contribution < 1.29 is 60.4 Å². The molecule has 2 amide bonds. The van der Waals surface area contributed by atoms with Gasteiger partial charge in [0.1, 0.15) is 12.4 Å². The molecule has 4 aliphatic carbocycles. The second kappa shape index (κ2) is 10.6. The van der Waals surface area contributed by atoms with Crippen molar-refractivity contribution in [3.05, 3.63) is 29.3 Å². The number of hydrogen-bond acceptors (Lipinski definition) is 7. The Morgan fingerprint density at radius 3 is 2.27 bits per heavy atom. The maximum atomic E-state index is 13.1. The Morgan fingerprint density at radius 1 is 0.976 bits per heavy atom. The molecule has 41 heavy (non-hydrogen) atoms. The molecule has 0 saturated heterocycles. The van der Waals surface area contributed by atoms with Gasteiger partial charge in [-0.3, -0.25) is 14.3 Å². The van der Waals surface area contributed by atoms with Gasteiger partial charge in [0.25, 0.3) is 5.91 Å². The molecule has 228 valence electrons. The second-order valence-corrected chi connectivity index (χ2v) is 11.4. The van der Waals surface area contributed by atoms with Crippen LogP contribution in [-0.4, -0.2) is 70.5 Å². The average Bonchev–Trinajstić information content (AvgIpc) is 2.85. The smallest absolute Gasteiger partial charge is 0.480 e. The zero-order chi connectivity index (χ0) is 29.8. The number of rotatable bonds is 7. The number of carbonyl (C=O) groups is 2. The van der Waals surface area contributed by atoms with Crippen molar-refractivity contribution in [2.24, 2.45) is 0 Å². The maximum Gasteiger partial charge on any atom is 0.522 e. The lowest BCUT2D eigenvalue weighted by Crippen LogP contribution is -2.71. The van der Waals surface area contributed by atoms with Crippen molar-refractivity contribution in [3.8, 4) is 5.75 Å². The predicted octanol–water partition coefficient (Wildman–Crippen LogP) is 3.02. The number of ether oxygens (including phenoxy) is 3. The van der Waals surface area contributed by atoms with Crippen molar-refractivity contribution in [1.82, 2.24) is 10.6 Å². The molecule has 2 bridgehead atoms. The van der Waals surface area contributed by atoms with E-state index in [1.54, 1.807) is 0 Å². The highest BCUT2D eigenvalue weighted by Crippen LogP contribution is 2.47. The molecule has 0 spiro atoms. The van der Waals surface area contributed by atoms with Crippen molar-refractivity contribution in [2.75, 3.05) is 6.61 Å². The fraction of sp³-hybridized carbons (Fsp3) is 0.692. The number of hydrogen-bond donors (Lipinski definition) is 4. The summed E-state index contributed by atoms with van der Waals surface area (Å²) in [6, 6.07) is 2.67. The van der Waals surface area contributed by atoms with E-state index in [-0.39, 0.29) is 43.6 Å². The van der Waals surface area contributed by atoms with Gasteiger partial charge in [-0.05, 0) is 50.3 Å². The summed E-state index contributed by atoms with van der Waals surface area (Å²) in [4.78, 5) is 25.6. The molecule has 3 atom stereocenters. The number of amides is 2. The molecule has 15 heteroatoms. The van der Waals surface area contributed by atoms with Gasteiger partial charge in [-0.15, -0.1) is 13.2 Å². The molecule has 1 aromatic carbocycles. The fourth-order valence-corrected chi connectivity index (χ4v) is 6.24. The lowest BCUT2D eigenvalue weighted by molar-refractivity contribution is -0.357. The van der Waals surface area contributed by atoms with Gasteiger partial charge in [0.2, 0.25) is 5.91 Å². The van der Waals surface area contributed by atoms with Crippen LogP contribution in [0, 0.1) is 0 Å². The molecule has 0 radical (unpaired) electrons. The summed E-state index contributed by atoms with van der Waals surface area (Å²) in [6.07, 6.45) is -13.0. The highest BCUT2D eigenvalue weighted by molar-refractivity contribution is 5.83. The Bertz CT molecular complexity index is 1160. The first-order valence-corrected chi connectivity index (χ1v) is 13.3. The Kier molecular flexibility index (Phi) is 7.71. The summed E-state index contributed by atoms with van der Waals surface area (Å²) in [6.45, 7) is -0.351. The van der Waals surface area contributed by atoms with E-state index in [1.165, 1.54) is 0 Å². The lowest BCUT2D eigenvalue weighted by atomic mass is 9.59. The normalized spacial score (nSPS) is 34.7. The number of aliphatic hydroxyl groups is 2. The minimum absolute atomic E-state index is 0.0286. The minimum Gasteiger partial charge on any atom is -0.480 e. The molecule has 4 fully saturated rings. The summed E-state index contributed by atoms with van der Waals surface area (Å²) >= 11 is 0. The number of nitrogens with one attached hydrogen (secondary N) is 2. The van der Waals surface area contributed by atoms with Crippen LogP contribution in [0.5, 0.6) is 5.75 Å². The van der Waals surface area contributed by atoms with Crippen LogP contribution in [0.3, 0.4) is 0 Å². The topological polar surface area (TPSA) is 126 Å². The van der Waals surface area contributed by atoms with Crippen molar-refractivity contribution in [1.29, 1.82) is 0 Å². The largest absolute Gasteiger partial charge is 0.522 e. The monoisotopic (exact) mass is 596 g/mol. The first-order valence-electron chi connectivity index (χ1n) is 13.3. The van der Waals surface area contributed by atoms with E-state index in [9.17, 15) is 46.1 Å². The van der Waals surface area contributed by atoms with Crippen molar-refractivity contribution in [2.45, 2.75) is 106 Å². The summed E-state index contributed by atoms with van der Waals surface area (Å²) < 4.78 is 90.7. The van der Waals surface area contributed by atoms with Gasteiger partial charge in [0.15, 0.2) is 6.10 Å². The molecule has 1 heterocycles. The van der Waals surface area contributed by atoms with Gasteiger partial charge in [-0.2, -0.15) is 13.2 Å². The highest BCUT2D eigenvalue weighted by atomic mass is 19.4. The molecule has 5 aliphatic rings. The Balaban J connectivity index is 1.12. The molecule has 6 rings (SSSR count). The number of fused-ring (bicyclic) bond motifs is 4. The number of halogens is 6. The van der Waals surface area contributed by atoms with Gasteiger partial charge in [0.05, 0.1) is 35.5 Å². The van der Waals surface area contributed by atoms with E-state index in [2.05, 4.69) is 15.4 Å². The summed E-state index contributed by atoms with van der Waals surface area (Å²) in [7, 11) is 0. The SMILES string of the molecule is O=C(COC1CC(OC(F)(F)F)C1)NC12CCC(NC(=O)[C@H]3C[C@@H](O)c4cc(C(F)(F)F)ccc4O3)(CC1)[C@@H](O)C2. The first-order chi connectivity index (χ1) is 19.1. The van der Waals surface area contributed by atoms with Gasteiger partial charge < -0.3 is 30.3 Å². The zero-order valence-corrected chi connectivity index (χ0v) is 21.7. The van der Waals surface area contributed by atoms with Crippen LogP contribution < -0.4 is 15.4 Å². The third-order valence-corrected chi connectivity index (χ3v) is 8.60. The van der Waals surface area contributed by atoms with Crippen LogP contribution in [0.15, 0.2) is 18.2 Å². The number of benzene rings is 1. The van der Waals surface area contributed by atoms with Crippen LogP contribution >= 0.6 is 0 Å². The molecule has 1 aliphatic heterocycles. The number of aliphatic hydroxyl groups excluding tert-OH is 2. The highest BCUT2D eigenvalue weighted by Gasteiger charge is 2.56. The quantitative estimate of drug-likeness (QED) is 0.357. The van der Waals surface area contributed by atoms with E-state index < -0.39 is 71.5 Å². The predicted molar refractivity (Wildman–Crippen MR) is 126 cm³/mol. The number of alkyl halides is 6. The first kappa shape index (κ1) is 29.9. The molecule has 0 aromatic heterocycles. The average molecular weight is 597 g/mol. The van der Waals surface area contributed by atoms with Gasteiger partial charge in [-0.1, -0.05) is 0 Å². The summed E-state index contributed by atoms with van der Waals surface area (Å²) in [5, 5.41) is 27.2. The van der Waals surface area contributed by atoms with Gasteiger partial charge in [0, 0.05) is 30.4 Å². The molecular weight excluding hydrogens is 566 g/mol.